The third kappa shape index (κ3) is 1.93. The van der Waals surface area contributed by atoms with Crippen LogP contribution in [-0.4, -0.2) is 23.8 Å². The van der Waals surface area contributed by atoms with Gasteiger partial charge < -0.3 is 10.6 Å². The Hall–Kier alpha value is -1.21. The summed E-state index contributed by atoms with van der Waals surface area (Å²) in [7, 11) is 0. The molecule has 0 aliphatic carbocycles. The van der Waals surface area contributed by atoms with Gasteiger partial charge in [0.1, 0.15) is 5.00 Å². The molecule has 1 aliphatic heterocycles. The summed E-state index contributed by atoms with van der Waals surface area (Å²) in [5.74, 6) is 0. The van der Waals surface area contributed by atoms with Gasteiger partial charge in [-0.3, -0.25) is 0 Å². The van der Waals surface area contributed by atoms with Gasteiger partial charge in [-0.1, -0.05) is 0 Å². The average molecular weight is 243 g/mol. The fraction of sp³-hybridized carbons (Fsp3) is 0.250. The number of urea groups is 2. The lowest BCUT2D eigenvalue weighted by atomic mass is 10.5. The van der Waals surface area contributed by atoms with Crippen molar-refractivity contribution in [3.8, 4) is 0 Å². The second kappa shape index (κ2) is 4.11. The molecule has 2 rings (SSSR count). The van der Waals surface area contributed by atoms with Crippen molar-refractivity contribution >= 4 is 40.2 Å². The van der Waals surface area contributed by atoms with Crippen LogP contribution in [0.2, 0.25) is 0 Å². The van der Waals surface area contributed by atoms with Crippen LogP contribution in [0.3, 0.4) is 0 Å². The van der Waals surface area contributed by atoms with Crippen LogP contribution in [0.25, 0.3) is 0 Å². The van der Waals surface area contributed by atoms with E-state index < -0.39 is 0 Å². The van der Waals surface area contributed by atoms with E-state index in [1.807, 2.05) is 11.6 Å². The molecule has 1 aliphatic rings. The lowest BCUT2D eigenvalue weighted by Gasteiger charge is -2.30. The minimum absolute atomic E-state index is 0.346. The predicted molar refractivity (Wildman–Crippen MR) is 61.2 cm³/mol. The van der Waals surface area contributed by atoms with E-state index in [9.17, 15) is 9.59 Å². The van der Waals surface area contributed by atoms with E-state index in [0.29, 0.717) is 5.00 Å². The Kier molecular flexibility index (Phi) is 2.83. The SMILES string of the molecule is CSC1NC(=O)N(c2cccs2)C(=O)N1. The Bertz CT molecular complexity index is 361. The molecule has 80 valence electrons. The van der Waals surface area contributed by atoms with Crippen molar-refractivity contribution in [2.24, 2.45) is 0 Å². The van der Waals surface area contributed by atoms with Gasteiger partial charge in [-0.05, 0) is 23.8 Å². The molecule has 0 unspecified atom stereocenters. The minimum atomic E-state index is -0.388. The highest BCUT2D eigenvalue weighted by atomic mass is 32.2. The molecule has 0 aromatic carbocycles. The number of thiophene rings is 1. The molecule has 1 saturated heterocycles. The number of imide groups is 1. The van der Waals surface area contributed by atoms with Gasteiger partial charge in [0.15, 0.2) is 5.50 Å². The van der Waals surface area contributed by atoms with Gasteiger partial charge in [0.05, 0.1) is 0 Å². The first kappa shape index (κ1) is 10.3. The standard InChI is InChI=1S/C8H9N3O2S2/c1-14-6-9-7(12)11(8(13)10-6)5-3-2-4-15-5/h2-4,6H,1H3,(H,9,12)(H,10,13). The van der Waals surface area contributed by atoms with Crippen LogP contribution in [0.1, 0.15) is 0 Å². The largest absolute Gasteiger partial charge is 0.333 e. The predicted octanol–water partition coefficient (Wildman–Crippen LogP) is 1.63. The molecule has 7 heteroatoms. The second-order valence-electron chi connectivity index (χ2n) is 2.80. The number of nitrogens with one attached hydrogen (secondary N) is 2. The fourth-order valence-corrected chi connectivity index (χ4v) is 2.36. The monoisotopic (exact) mass is 243 g/mol. The van der Waals surface area contributed by atoms with Crippen molar-refractivity contribution in [3.05, 3.63) is 17.5 Å². The number of anilines is 1. The summed E-state index contributed by atoms with van der Waals surface area (Å²) in [4.78, 5) is 24.3. The maximum Gasteiger partial charge on any atom is 0.333 e. The maximum absolute atomic E-state index is 11.6. The molecule has 1 aromatic heterocycles. The van der Waals surface area contributed by atoms with Gasteiger partial charge in [0.2, 0.25) is 0 Å². The van der Waals surface area contributed by atoms with E-state index in [1.165, 1.54) is 23.1 Å². The molecule has 1 fully saturated rings. The third-order valence-corrected chi connectivity index (χ3v) is 3.44. The van der Waals surface area contributed by atoms with Crippen molar-refractivity contribution in [3.63, 3.8) is 0 Å². The van der Waals surface area contributed by atoms with Crippen molar-refractivity contribution in [2.45, 2.75) is 5.50 Å². The van der Waals surface area contributed by atoms with E-state index >= 15 is 0 Å². The van der Waals surface area contributed by atoms with Crippen LogP contribution >= 0.6 is 23.1 Å². The number of thioether (sulfide) groups is 1. The maximum atomic E-state index is 11.6. The molecule has 2 N–H and O–H groups in total. The lowest BCUT2D eigenvalue weighted by Crippen LogP contribution is -2.62. The summed E-state index contributed by atoms with van der Waals surface area (Å²) in [5.41, 5.74) is -0.346. The summed E-state index contributed by atoms with van der Waals surface area (Å²) in [6.07, 6.45) is 1.81. The quantitative estimate of drug-likeness (QED) is 0.830. The van der Waals surface area contributed by atoms with Gasteiger partial charge in [-0.2, -0.15) is 0 Å². The number of carbonyl (C=O) groups excluding carboxylic acids is 2. The molecule has 2 heterocycles. The summed E-state index contributed by atoms with van der Waals surface area (Å²) >= 11 is 2.71. The average Bonchev–Trinajstić information content (AvgIpc) is 2.69. The van der Waals surface area contributed by atoms with E-state index in [1.54, 1.807) is 12.1 Å². The summed E-state index contributed by atoms with van der Waals surface area (Å²) in [5, 5.41) is 7.75. The molecule has 0 saturated carbocycles. The van der Waals surface area contributed by atoms with Crippen LogP contribution in [-0.2, 0) is 0 Å². The third-order valence-electron chi connectivity index (χ3n) is 1.88. The Labute approximate surface area is 94.8 Å². The number of hydrogen-bond acceptors (Lipinski definition) is 4. The Morgan fingerprint density at radius 3 is 2.53 bits per heavy atom. The summed E-state index contributed by atoms with van der Waals surface area (Å²) in [6, 6.07) is 2.74. The number of nitrogens with zero attached hydrogens (tertiary/aromatic N) is 1. The van der Waals surface area contributed by atoms with Crippen LogP contribution in [0, 0.1) is 0 Å². The molecule has 0 bridgehead atoms. The Morgan fingerprint density at radius 2 is 2.07 bits per heavy atom. The first-order chi connectivity index (χ1) is 7.22. The Morgan fingerprint density at radius 1 is 1.40 bits per heavy atom. The van der Waals surface area contributed by atoms with E-state index in [-0.39, 0.29) is 17.6 Å². The van der Waals surface area contributed by atoms with Gasteiger partial charge >= 0.3 is 12.1 Å². The highest BCUT2D eigenvalue weighted by Crippen LogP contribution is 2.23. The molecule has 4 amide bonds. The molecule has 15 heavy (non-hydrogen) atoms. The van der Waals surface area contributed by atoms with Crippen LogP contribution in [0.4, 0.5) is 14.6 Å². The highest BCUT2D eigenvalue weighted by molar-refractivity contribution is 7.99. The summed E-state index contributed by atoms with van der Waals surface area (Å²) < 4.78 is 0. The van der Waals surface area contributed by atoms with Crippen LogP contribution < -0.4 is 15.5 Å². The lowest BCUT2D eigenvalue weighted by molar-refractivity contribution is 0.224. The molecule has 0 spiro atoms. The molecule has 5 nitrogen and oxygen atoms in total. The topological polar surface area (TPSA) is 61.4 Å². The van der Waals surface area contributed by atoms with Crippen LogP contribution in [0.15, 0.2) is 17.5 Å². The number of rotatable bonds is 2. The molecule has 0 atom stereocenters. The van der Waals surface area contributed by atoms with Crippen molar-refractivity contribution in [1.29, 1.82) is 0 Å². The minimum Gasteiger partial charge on any atom is -0.308 e. The first-order valence-electron chi connectivity index (χ1n) is 4.20. The van der Waals surface area contributed by atoms with Gasteiger partial charge in [-0.15, -0.1) is 23.1 Å². The van der Waals surface area contributed by atoms with E-state index in [2.05, 4.69) is 10.6 Å². The van der Waals surface area contributed by atoms with Gasteiger partial charge in [-0.25, -0.2) is 14.5 Å². The summed E-state index contributed by atoms with van der Waals surface area (Å²) in [6.45, 7) is 0. The molecular formula is C8H9N3O2S2. The first-order valence-corrected chi connectivity index (χ1v) is 6.36. The normalized spacial score (nSPS) is 17.5. The van der Waals surface area contributed by atoms with E-state index in [0.717, 1.165) is 4.90 Å². The Balaban J connectivity index is 2.21. The van der Waals surface area contributed by atoms with Crippen molar-refractivity contribution in [2.75, 3.05) is 11.2 Å². The smallest absolute Gasteiger partial charge is 0.308 e. The highest BCUT2D eigenvalue weighted by Gasteiger charge is 2.32. The number of hydrogen-bond donors (Lipinski definition) is 2. The molecular weight excluding hydrogens is 234 g/mol. The number of amides is 4. The molecule has 1 aromatic rings. The zero-order chi connectivity index (χ0) is 10.8. The number of carbonyl (C=O) groups is 2. The second-order valence-corrected chi connectivity index (χ2v) is 4.67. The zero-order valence-corrected chi connectivity index (χ0v) is 9.52. The van der Waals surface area contributed by atoms with Gasteiger partial charge in [0.25, 0.3) is 0 Å². The van der Waals surface area contributed by atoms with Gasteiger partial charge in [0, 0.05) is 0 Å². The van der Waals surface area contributed by atoms with E-state index in [4.69, 9.17) is 0 Å². The zero-order valence-electron chi connectivity index (χ0n) is 7.89. The fourth-order valence-electron chi connectivity index (χ4n) is 1.20. The van der Waals surface area contributed by atoms with Crippen LogP contribution in [0.5, 0.6) is 0 Å². The van der Waals surface area contributed by atoms with Crippen molar-refractivity contribution < 1.29 is 9.59 Å². The molecule has 0 radical (unpaired) electrons. The van der Waals surface area contributed by atoms with Crippen molar-refractivity contribution in [1.82, 2.24) is 10.6 Å².